The minimum Gasteiger partial charge on any atom is -0.494 e. The number of benzene rings is 1. The van der Waals surface area contributed by atoms with Crippen LogP contribution in [0.1, 0.15) is 45.9 Å². The average Bonchev–Trinajstić information content (AvgIpc) is 3.22. The van der Waals surface area contributed by atoms with Crippen LogP contribution in [0.4, 0.5) is 0 Å². The molecular formula is C23H32N4O3. The van der Waals surface area contributed by atoms with E-state index in [1.165, 1.54) is 5.57 Å². The number of allylic oxidation sites excluding steroid dienone is 1. The molecule has 7 heteroatoms. The fraction of sp³-hybridized carbons (Fsp3) is 0.522. The van der Waals surface area contributed by atoms with E-state index in [2.05, 4.69) is 40.3 Å². The van der Waals surface area contributed by atoms with Crippen molar-refractivity contribution >= 4 is 5.91 Å². The van der Waals surface area contributed by atoms with Crippen LogP contribution in [0, 0.1) is 0 Å². The molecule has 1 aromatic carbocycles. The number of amides is 1. The van der Waals surface area contributed by atoms with Gasteiger partial charge in [-0.1, -0.05) is 16.8 Å². The quantitative estimate of drug-likeness (QED) is 0.634. The molecule has 2 aromatic rings. The van der Waals surface area contributed by atoms with Crippen molar-refractivity contribution in [2.24, 2.45) is 0 Å². The number of rotatable bonds is 9. The number of nitrogens with zero attached hydrogens (tertiary/aromatic N) is 3. The predicted octanol–water partition coefficient (Wildman–Crippen LogP) is 3.61. The molecule has 1 fully saturated rings. The molecular weight excluding hydrogens is 380 g/mol. The van der Waals surface area contributed by atoms with Gasteiger partial charge in [0.2, 0.25) is 17.6 Å². The van der Waals surface area contributed by atoms with Gasteiger partial charge >= 0.3 is 0 Å². The molecule has 2 heterocycles. The molecule has 1 aromatic heterocycles. The number of hydrogen-bond donors (Lipinski definition) is 1. The Morgan fingerprint density at radius 1 is 1.27 bits per heavy atom. The lowest BCUT2D eigenvalue weighted by Crippen LogP contribution is -2.44. The summed E-state index contributed by atoms with van der Waals surface area (Å²) in [5.41, 5.74) is 2.20. The predicted molar refractivity (Wildman–Crippen MR) is 116 cm³/mol. The normalized spacial score (nSPS) is 15.0. The number of piperidine rings is 1. The molecule has 3 rings (SSSR count). The molecule has 30 heavy (non-hydrogen) atoms. The topological polar surface area (TPSA) is 80.5 Å². The number of nitrogens with one attached hydrogen (secondary N) is 1. The van der Waals surface area contributed by atoms with Crippen LogP contribution in [0.15, 0.2) is 40.4 Å². The summed E-state index contributed by atoms with van der Waals surface area (Å²) in [5, 5.41) is 7.17. The summed E-state index contributed by atoms with van der Waals surface area (Å²) < 4.78 is 10.8. The second-order valence-electron chi connectivity index (χ2n) is 7.89. The summed E-state index contributed by atoms with van der Waals surface area (Å²) in [4.78, 5) is 19.2. The fourth-order valence-electron chi connectivity index (χ4n) is 3.43. The Kier molecular flexibility index (Phi) is 8.02. The number of aryl methyl sites for hydroxylation is 1. The highest BCUT2D eigenvalue weighted by atomic mass is 16.5. The standard InChI is InChI=1S/C23H32N4O3/c1-4-29-20-7-5-18(6-8-20)23-25-22(30-26-23)10-9-21(28)24-19-12-15-27(16-13-19)14-11-17(2)3/h5-8,11,19H,4,9-10,12-16H2,1-3H3,(H,24,28). The Balaban J connectivity index is 1.41. The molecule has 0 unspecified atom stereocenters. The van der Waals surface area contributed by atoms with E-state index in [1.807, 2.05) is 31.2 Å². The molecule has 0 saturated carbocycles. The van der Waals surface area contributed by atoms with E-state index >= 15 is 0 Å². The Labute approximate surface area is 178 Å². The first-order valence-electron chi connectivity index (χ1n) is 10.7. The second-order valence-corrected chi connectivity index (χ2v) is 7.89. The molecule has 0 bridgehead atoms. The van der Waals surface area contributed by atoms with Crippen LogP contribution < -0.4 is 10.1 Å². The number of hydrogen-bond acceptors (Lipinski definition) is 6. The van der Waals surface area contributed by atoms with E-state index in [9.17, 15) is 4.79 Å². The molecule has 1 aliphatic rings. The van der Waals surface area contributed by atoms with Gasteiger partial charge in [0, 0.05) is 44.1 Å². The zero-order valence-corrected chi connectivity index (χ0v) is 18.2. The van der Waals surface area contributed by atoms with Crippen molar-refractivity contribution in [3.63, 3.8) is 0 Å². The largest absolute Gasteiger partial charge is 0.494 e. The molecule has 7 nitrogen and oxygen atoms in total. The molecule has 0 radical (unpaired) electrons. The SMILES string of the molecule is CCOc1ccc(-c2noc(CCC(=O)NC3CCN(CC=C(C)C)CC3)n2)cc1. The van der Waals surface area contributed by atoms with E-state index in [0.717, 1.165) is 43.8 Å². The Morgan fingerprint density at radius 2 is 2.00 bits per heavy atom. The molecule has 0 atom stereocenters. The Bertz CT molecular complexity index is 832. The second kappa shape index (κ2) is 10.9. The number of carbonyl (C=O) groups excluding carboxylic acids is 1. The van der Waals surface area contributed by atoms with Crippen molar-refractivity contribution < 1.29 is 14.1 Å². The van der Waals surface area contributed by atoms with E-state index in [4.69, 9.17) is 9.26 Å². The van der Waals surface area contributed by atoms with Crippen LogP contribution in [0.5, 0.6) is 5.75 Å². The maximum atomic E-state index is 12.3. The fourth-order valence-corrected chi connectivity index (χ4v) is 3.43. The Hall–Kier alpha value is -2.67. The van der Waals surface area contributed by atoms with Crippen molar-refractivity contribution in [2.75, 3.05) is 26.2 Å². The number of likely N-dealkylation sites (tertiary alicyclic amines) is 1. The monoisotopic (exact) mass is 412 g/mol. The first kappa shape index (κ1) is 22.0. The van der Waals surface area contributed by atoms with Crippen molar-refractivity contribution in [2.45, 2.75) is 52.5 Å². The highest BCUT2D eigenvalue weighted by Crippen LogP contribution is 2.20. The molecule has 1 saturated heterocycles. The molecule has 1 N–H and O–H groups in total. The van der Waals surface area contributed by atoms with Gasteiger partial charge in [-0.05, 0) is 57.9 Å². The summed E-state index contributed by atoms with van der Waals surface area (Å²) in [6.07, 6.45) is 5.03. The smallest absolute Gasteiger partial charge is 0.227 e. The van der Waals surface area contributed by atoms with Gasteiger partial charge in [0.25, 0.3) is 0 Å². The van der Waals surface area contributed by atoms with Crippen LogP contribution in [-0.2, 0) is 11.2 Å². The van der Waals surface area contributed by atoms with Crippen LogP contribution in [-0.4, -0.2) is 53.2 Å². The van der Waals surface area contributed by atoms with Crippen LogP contribution >= 0.6 is 0 Å². The molecule has 1 amide bonds. The Morgan fingerprint density at radius 3 is 2.67 bits per heavy atom. The summed E-state index contributed by atoms with van der Waals surface area (Å²) in [6, 6.07) is 7.82. The van der Waals surface area contributed by atoms with Crippen molar-refractivity contribution in [3.8, 4) is 17.1 Å². The van der Waals surface area contributed by atoms with Gasteiger partial charge < -0.3 is 14.6 Å². The zero-order valence-electron chi connectivity index (χ0n) is 18.2. The van der Waals surface area contributed by atoms with Crippen molar-refractivity contribution in [1.82, 2.24) is 20.4 Å². The third-order valence-electron chi connectivity index (χ3n) is 5.17. The van der Waals surface area contributed by atoms with Gasteiger partial charge in [0.05, 0.1) is 6.61 Å². The van der Waals surface area contributed by atoms with E-state index in [0.29, 0.717) is 31.2 Å². The van der Waals surface area contributed by atoms with Crippen LogP contribution in [0.2, 0.25) is 0 Å². The number of carbonyl (C=O) groups is 1. The third kappa shape index (κ3) is 6.69. The van der Waals surface area contributed by atoms with Crippen LogP contribution in [0.25, 0.3) is 11.4 Å². The molecule has 1 aliphatic heterocycles. The van der Waals surface area contributed by atoms with Gasteiger partial charge in [-0.2, -0.15) is 4.98 Å². The zero-order chi connectivity index (χ0) is 21.3. The van der Waals surface area contributed by atoms with Gasteiger partial charge in [0.15, 0.2) is 0 Å². The van der Waals surface area contributed by atoms with E-state index < -0.39 is 0 Å². The van der Waals surface area contributed by atoms with Gasteiger partial charge in [-0.15, -0.1) is 0 Å². The summed E-state index contributed by atoms with van der Waals surface area (Å²) in [5.74, 6) is 1.85. The minimum absolute atomic E-state index is 0.0403. The van der Waals surface area contributed by atoms with Crippen molar-refractivity contribution in [1.29, 1.82) is 0 Å². The first-order valence-corrected chi connectivity index (χ1v) is 10.7. The lowest BCUT2D eigenvalue weighted by Gasteiger charge is -2.31. The lowest BCUT2D eigenvalue weighted by molar-refractivity contribution is -0.122. The van der Waals surface area contributed by atoms with E-state index in [-0.39, 0.29) is 11.9 Å². The minimum atomic E-state index is 0.0403. The van der Waals surface area contributed by atoms with Crippen molar-refractivity contribution in [3.05, 3.63) is 41.8 Å². The maximum absolute atomic E-state index is 12.3. The molecule has 0 aliphatic carbocycles. The van der Waals surface area contributed by atoms with Crippen LogP contribution in [0.3, 0.4) is 0 Å². The first-order chi connectivity index (χ1) is 14.5. The maximum Gasteiger partial charge on any atom is 0.227 e. The number of ether oxygens (including phenoxy) is 1. The summed E-state index contributed by atoms with van der Waals surface area (Å²) >= 11 is 0. The highest BCUT2D eigenvalue weighted by molar-refractivity contribution is 5.76. The lowest BCUT2D eigenvalue weighted by atomic mass is 10.0. The van der Waals surface area contributed by atoms with Gasteiger partial charge in [-0.25, -0.2) is 0 Å². The average molecular weight is 413 g/mol. The number of aromatic nitrogens is 2. The van der Waals surface area contributed by atoms with Gasteiger partial charge in [0.1, 0.15) is 5.75 Å². The summed E-state index contributed by atoms with van der Waals surface area (Å²) in [7, 11) is 0. The van der Waals surface area contributed by atoms with E-state index in [1.54, 1.807) is 0 Å². The third-order valence-corrected chi connectivity index (χ3v) is 5.17. The highest BCUT2D eigenvalue weighted by Gasteiger charge is 2.20. The van der Waals surface area contributed by atoms with Gasteiger partial charge in [-0.3, -0.25) is 9.69 Å². The summed E-state index contributed by atoms with van der Waals surface area (Å²) in [6.45, 7) is 9.85. The molecule has 162 valence electrons. The molecule has 0 spiro atoms.